The Bertz CT molecular complexity index is 1100. The lowest BCUT2D eigenvalue weighted by Gasteiger charge is -2.09. The Hall–Kier alpha value is -3.59. The molecule has 0 saturated carbocycles. The van der Waals surface area contributed by atoms with Crippen LogP contribution in [0.2, 0.25) is 0 Å². The molecular weight excluding hydrogens is 370 g/mol. The van der Waals surface area contributed by atoms with Gasteiger partial charge in [0.2, 0.25) is 0 Å². The Kier molecular flexibility index (Phi) is 5.57. The minimum absolute atomic E-state index is 0.208. The first-order valence-electron chi connectivity index (χ1n) is 9.20. The summed E-state index contributed by atoms with van der Waals surface area (Å²) in [5.41, 5.74) is 3.83. The second-order valence-corrected chi connectivity index (χ2v) is 6.55. The number of fused-ring (bicyclic) bond motifs is 1. The highest BCUT2D eigenvalue weighted by atomic mass is 16.5. The van der Waals surface area contributed by atoms with E-state index < -0.39 is 0 Å². The maximum absolute atomic E-state index is 12.6. The molecule has 0 aliphatic carbocycles. The van der Waals surface area contributed by atoms with E-state index in [-0.39, 0.29) is 5.91 Å². The van der Waals surface area contributed by atoms with Crippen LogP contribution in [0.5, 0.6) is 0 Å². The van der Waals surface area contributed by atoms with Crippen molar-refractivity contribution in [3.63, 3.8) is 0 Å². The van der Waals surface area contributed by atoms with Crippen molar-refractivity contribution in [2.24, 2.45) is 0 Å². The van der Waals surface area contributed by atoms with E-state index in [1.807, 2.05) is 27.5 Å². The van der Waals surface area contributed by atoms with Gasteiger partial charge in [0.15, 0.2) is 5.65 Å². The van der Waals surface area contributed by atoms with Gasteiger partial charge in [0.05, 0.1) is 43.6 Å². The number of hydrogen-bond acceptors (Lipinski definition) is 6. The molecule has 0 radical (unpaired) electrons. The van der Waals surface area contributed by atoms with Crippen molar-refractivity contribution in [1.29, 1.82) is 0 Å². The number of methoxy groups -OCH3 is 1. The standard InChI is InChI=1S/C20H21N7O2/c1-29-6-5-26-13-22-10-17(26)11-24-20(28)16-7-18-19(23-9-16)27(14-25-18)12-15-3-2-4-21-8-15/h2-4,7-10,13-14H,5-6,11-12H2,1H3,(H,24,28). The summed E-state index contributed by atoms with van der Waals surface area (Å²) >= 11 is 0. The number of pyridine rings is 2. The highest BCUT2D eigenvalue weighted by molar-refractivity contribution is 5.96. The molecule has 1 amide bonds. The van der Waals surface area contributed by atoms with Crippen LogP contribution in [-0.4, -0.2) is 48.7 Å². The molecule has 9 heteroatoms. The second-order valence-electron chi connectivity index (χ2n) is 6.55. The number of hydrogen-bond donors (Lipinski definition) is 1. The van der Waals surface area contributed by atoms with E-state index in [0.717, 1.165) is 16.9 Å². The molecule has 9 nitrogen and oxygen atoms in total. The van der Waals surface area contributed by atoms with Crippen LogP contribution in [0.1, 0.15) is 21.6 Å². The van der Waals surface area contributed by atoms with Gasteiger partial charge < -0.3 is 19.2 Å². The number of amides is 1. The smallest absolute Gasteiger partial charge is 0.253 e. The molecule has 4 heterocycles. The van der Waals surface area contributed by atoms with Crippen molar-refractivity contribution >= 4 is 17.1 Å². The molecule has 0 aromatic carbocycles. The van der Waals surface area contributed by atoms with Crippen LogP contribution in [0.25, 0.3) is 11.2 Å². The SMILES string of the molecule is COCCn1cncc1CNC(=O)c1cnc2c(c1)ncn2Cc1cccnc1. The van der Waals surface area contributed by atoms with E-state index in [1.165, 1.54) is 0 Å². The number of carbonyl (C=O) groups is 1. The summed E-state index contributed by atoms with van der Waals surface area (Å²) in [7, 11) is 1.65. The zero-order chi connectivity index (χ0) is 20.1. The lowest BCUT2D eigenvalue weighted by Crippen LogP contribution is -2.24. The first-order chi connectivity index (χ1) is 14.2. The van der Waals surface area contributed by atoms with Crippen LogP contribution >= 0.6 is 0 Å². The Labute approximate surface area is 167 Å². The zero-order valence-corrected chi connectivity index (χ0v) is 16.0. The highest BCUT2D eigenvalue weighted by Crippen LogP contribution is 2.14. The summed E-state index contributed by atoms with van der Waals surface area (Å²) in [6, 6.07) is 5.64. The van der Waals surface area contributed by atoms with Gasteiger partial charge in [-0.05, 0) is 17.7 Å². The quantitative estimate of drug-likeness (QED) is 0.490. The Morgan fingerprint density at radius 3 is 2.90 bits per heavy atom. The summed E-state index contributed by atoms with van der Waals surface area (Å²) in [6.07, 6.45) is 10.3. The maximum Gasteiger partial charge on any atom is 0.253 e. The van der Waals surface area contributed by atoms with Gasteiger partial charge in [-0.3, -0.25) is 9.78 Å². The Balaban J connectivity index is 1.44. The normalized spacial score (nSPS) is 11.1. The zero-order valence-electron chi connectivity index (χ0n) is 16.0. The summed E-state index contributed by atoms with van der Waals surface area (Å²) in [5.74, 6) is -0.208. The molecule has 4 aromatic heterocycles. The fourth-order valence-corrected chi connectivity index (χ4v) is 3.04. The summed E-state index contributed by atoms with van der Waals surface area (Å²) < 4.78 is 8.97. The van der Waals surface area contributed by atoms with E-state index >= 15 is 0 Å². The third-order valence-electron chi connectivity index (χ3n) is 4.56. The van der Waals surface area contributed by atoms with Crippen molar-refractivity contribution in [1.82, 2.24) is 34.4 Å². The molecule has 0 bridgehead atoms. The van der Waals surface area contributed by atoms with Crippen molar-refractivity contribution in [2.45, 2.75) is 19.6 Å². The molecule has 0 spiro atoms. The molecule has 4 rings (SSSR count). The maximum atomic E-state index is 12.6. The predicted octanol–water partition coefficient (Wildman–Crippen LogP) is 1.65. The van der Waals surface area contributed by atoms with Gasteiger partial charge in [-0.1, -0.05) is 6.07 Å². The van der Waals surface area contributed by atoms with Crippen LogP contribution in [0.3, 0.4) is 0 Å². The van der Waals surface area contributed by atoms with Crippen LogP contribution in [0, 0.1) is 0 Å². The van der Waals surface area contributed by atoms with Gasteiger partial charge in [-0.15, -0.1) is 0 Å². The van der Waals surface area contributed by atoms with Gasteiger partial charge in [-0.2, -0.15) is 0 Å². The van der Waals surface area contributed by atoms with Gasteiger partial charge in [0, 0.05) is 38.4 Å². The van der Waals surface area contributed by atoms with Crippen molar-refractivity contribution in [3.05, 3.63) is 72.5 Å². The van der Waals surface area contributed by atoms with E-state index in [0.29, 0.717) is 37.3 Å². The number of ether oxygens (including phenoxy) is 1. The summed E-state index contributed by atoms with van der Waals surface area (Å²) in [5, 5.41) is 2.91. The molecule has 0 unspecified atom stereocenters. The number of rotatable bonds is 8. The first-order valence-corrected chi connectivity index (χ1v) is 9.20. The van der Waals surface area contributed by atoms with Crippen molar-refractivity contribution in [2.75, 3.05) is 13.7 Å². The van der Waals surface area contributed by atoms with Crippen molar-refractivity contribution < 1.29 is 9.53 Å². The molecule has 0 atom stereocenters. The van der Waals surface area contributed by atoms with Crippen molar-refractivity contribution in [3.8, 4) is 0 Å². The molecule has 148 valence electrons. The molecule has 0 aliphatic heterocycles. The lowest BCUT2D eigenvalue weighted by atomic mass is 10.2. The van der Waals surface area contributed by atoms with E-state index in [2.05, 4.69) is 25.3 Å². The third-order valence-corrected chi connectivity index (χ3v) is 4.56. The fraction of sp³-hybridized carbons (Fsp3) is 0.250. The predicted molar refractivity (Wildman–Crippen MR) is 106 cm³/mol. The van der Waals surface area contributed by atoms with Gasteiger partial charge in [-0.25, -0.2) is 15.0 Å². The number of aromatic nitrogens is 6. The number of carbonyl (C=O) groups excluding carboxylic acids is 1. The fourth-order valence-electron chi connectivity index (χ4n) is 3.04. The van der Waals surface area contributed by atoms with E-state index in [1.54, 1.807) is 44.4 Å². The molecule has 4 aromatic rings. The summed E-state index contributed by atoms with van der Waals surface area (Å²) in [6.45, 7) is 2.26. The molecular formula is C20H21N7O2. The van der Waals surface area contributed by atoms with E-state index in [9.17, 15) is 4.79 Å². The second kappa shape index (κ2) is 8.61. The molecule has 0 saturated heterocycles. The van der Waals surface area contributed by atoms with Crippen LogP contribution in [0.15, 0.2) is 55.6 Å². The average Bonchev–Trinajstić information content (AvgIpc) is 3.37. The monoisotopic (exact) mass is 391 g/mol. The van der Waals surface area contributed by atoms with Crippen LogP contribution in [-0.2, 0) is 24.4 Å². The summed E-state index contributed by atoms with van der Waals surface area (Å²) in [4.78, 5) is 29.6. The molecule has 1 N–H and O–H groups in total. The largest absolute Gasteiger partial charge is 0.383 e. The Morgan fingerprint density at radius 2 is 2.07 bits per heavy atom. The molecule has 0 aliphatic rings. The van der Waals surface area contributed by atoms with Crippen LogP contribution < -0.4 is 5.32 Å². The van der Waals surface area contributed by atoms with E-state index in [4.69, 9.17) is 4.74 Å². The topological polar surface area (TPSA) is 99.7 Å². The Morgan fingerprint density at radius 1 is 1.14 bits per heavy atom. The number of nitrogens with zero attached hydrogens (tertiary/aromatic N) is 6. The molecule has 29 heavy (non-hydrogen) atoms. The van der Waals surface area contributed by atoms with Gasteiger partial charge in [0.1, 0.15) is 5.52 Å². The minimum Gasteiger partial charge on any atom is -0.383 e. The van der Waals surface area contributed by atoms with Gasteiger partial charge >= 0.3 is 0 Å². The average molecular weight is 391 g/mol. The third kappa shape index (κ3) is 4.30. The first kappa shape index (κ1) is 18.8. The highest BCUT2D eigenvalue weighted by Gasteiger charge is 2.12. The number of imidazole rings is 2. The minimum atomic E-state index is -0.208. The van der Waals surface area contributed by atoms with Gasteiger partial charge in [0.25, 0.3) is 5.91 Å². The molecule has 0 fully saturated rings. The number of nitrogens with one attached hydrogen (secondary N) is 1. The lowest BCUT2D eigenvalue weighted by molar-refractivity contribution is 0.0949. The van der Waals surface area contributed by atoms with Crippen LogP contribution in [0.4, 0.5) is 0 Å².